The average molecular weight is 320 g/mol. The van der Waals surface area contributed by atoms with Crippen LogP contribution in [0.4, 0.5) is 0 Å². The Kier molecular flexibility index (Phi) is 3.48. The van der Waals surface area contributed by atoms with E-state index < -0.39 is 11.7 Å². The van der Waals surface area contributed by atoms with Crippen molar-refractivity contribution in [1.29, 1.82) is 0 Å². The van der Waals surface area contributed by atoms with Crippen LogP contribution < -0.4 is 0 Å². The molecule has 17 heavy (non-hydrogen) atoms. The third-order valence-corrected chi connectivity index (χ3v) is 3.58. The smallest absolute Gasteiger partial charge is 0.338 e. The van der Waals surface area contributed by atoms with Gasteiger partial charge in [-0.15, -0.1) is 0 Å². The van der Waals surface area contributed by atoms with E-state index in [1.54, 1.807) is 13.0 Å². The molecular formula is C12H12BrClO3. The van der Waals surface area contributed by atoms with E-state index in [2.05, 4.69) is 15.9 Å². The van der Waals surface area contributed by atoms with Gasteiger partial charge in [-0.25, -0.2) is 4.79 Å². The van der Waals surface area contributed by atoms with Crippen LogP contribution in [-0.4, -0.2) is 18.7 Å². The van der Waals surface area contributed by atoms with Gasteiger partial charge in [-0.2, -0.15) is 0 Å². The fraction of sp³-hybridized carbons (Fsp3) is 0.417. The normalized spacial score (nSPS) is 26.7. The second-order valence-electron chi connectivity index (χ2n) is 3.98. The molecule has 0 N–H and O–H groups in total. The van der Waals surface area contributed by atoms with E-state index >= 15 is 0 Å². The zero-order chi connectivity index (χ0) is 12.6. The van der Waals surface area contributed by atoms with Crippen LogP contribution in [0, 0.1) is 0 Å². The highest BCUT2D eigenvalue weighted by Crippen LogP contribution is 2.49. The molecule has 0 bridgehead atoms. The quantitative estimate of drug-likeness (QED) is 0.634. The second-order valence-corrected chi connectivity index (χ2v) is 5.30. The third-order valence-electron chi connectivity index (χ3n) is 2.77. The molecule has 0 saturated carbocycles. The SMILES string of the molecule is CCOC(=O)C1OC1(C)c1ccc(Br)cc1Cl. The number of benzene rings is 1. The van der Waals surface area contributed by atoms with Crippen molar-refractivity contribution in [2.75, 3.05) is 6.61 Å². The Morgan fingerprint density at radius 1 is 1.65 bits per heavy atom. The molecule has 1 fully saturated rings. The van der Waals surface area contributed by atoms with Crippen LogP contribution in [0.1, 0.15) is 19.4 Å². The number of carbonyl (C=O) groups excluding carboxylic acids is 1. The van der Waals surface area contributed by atoms with E-state index in [0.717, 1.165) is 10.0 Å². The van der Waals surface area contributed by atoms with Gasteiger partial charge in [0.05, 0.1) is 6.61 Å². The summed E-state index contributed by atoms with van der Waals surface area (Å²) in [6, 6.07) is 5.51. The predicted octanol–water partition coefficient (Wildman–Crippen LogP) is 3.28. The minimum absolute atomic E-state index is 0.339. The number of hydrogen-bond acceptors (Lipinski definition) is 3. The second kappa shape index (κ2) is 4.59. The first kappa shape index (κ1) is 12.9. The molecule has 0 amide bonds. The van der Waals surface area contributed by atoms with Gasteiger partial charge in [0.2, 0.25) is 0 Å². The first-order valence-electron chi connectivity index (χ1n) is 5.29. The first-order chi connectivity index (χ1) is 7.99. The van der Waals surface area contributed by atoms with Crippen LogP contribution in [0.3, 0.4) is 0 Å². The molecule has 3 nitrogen and oxygen atoms in total. The summed E-state index contributed by atoms with van der Waals surface area (Å²) in [6.07, 6.45) is -0.555. The van der Waals surface area contributed by atoms with Crippen molar-refractivity contribution < 1.29 is 14.3 Å². The summed E-state index contributed by atoms with van der Waals surface area (Å²) < 4.78 is 11.3. The Labute approximate surface area is 113 Å². The maximum absolute atomic E-state index is 11.6. The number of epoxide rings is 1. The number of hydrogen-bond donors (Lipinski definition) is 0. The Hall–Kier alpha value is -0.580. The lowest BCUT2D eigenvalue weighted by molar-refractivity contribution is -0.144. The van der Waals surface area contributed by atoms with Crippen molar-refractivity contribution in [2.45, 2.75) is 25.6 Å². The van der Waals surface area contributed by atoms with E-state index in [4.69, 9.17) is 21.1 Å². The van der Waals surface area contributed by atoms with Crippen LogP contribution in [0.15, 0.2) is 22.7 Å². The standard InChI is InChI=1S/C12H12BrClO3/c1-3-16-11(15)10-12(2,17-10)8-5-4-7(13)6-9(8)14/h4-6,10H,3H2,1-2H3. The summed E-state index contributed by atoms with van der Waals surface area (Å²) >= 11 is 9.47. The van der Waals surface area contributed by atoms with Gasteiger partial charge in [0.15, 0.2) is 6.10 Å². The molecule has 1 saturated heterocycles. The van der Waals surface area contributed by atoms with Crippen molar-refractivity contribution in [3.8, 4) is 0 Å². The molecule has 1 aromatic rings. The first-order valence-corrected chi connectivity index (χ1v) is 6.46. The third kappa shape index (κ3) is 2.34. The Morgan fingerprint density at radius 2 is 2.35 bits per heavy atom. The molecule has 0 spiro atoms. The highest BCUT2D eigenvalue weighted by molar-refractivity contribution is 9.10. The van der Waals surface area contributed by atoms with Crippen molar-refractivity contribution in [3.05, 3.63) is 33.3 Å². The predicted molar refractivity (Wildman–Crippen MR) is 68.0 cm³/mol. The van der Waals surface area contributed by atoms with Gasteiger partial charge in [-0.05, 0) is 26.0 Å². The van der Waals surface area contributed by atoms with Gasteiger partial charge in [0, 0.05) is 15.1 Å². The molecule has 0 aromatic heterocycles. The lowest BCUT2D eigenvalue weighted by atomic mass is 9.97. The summed E-state index contributed by atoms with van der Waals surface area (Å²) in [7, 11) is 0. The van der Waals surface area contributed by atoms with E-state index in [1.165, 1.54) is 0 Å². The molecule has 0 radical (unpaired) electrons. The van der Waals surface area contributed by atoms with Crippen LogP contribution in [-0.2, 0) is 19.9 Å². The number of halogens is 2. The molecule has 5 heteroatoms. The minimum Gasteiger partial charge on any atom is -0.464 e. The number of ether oxygens (including phenoxy) is 2. The number of esters is 1. The number of carbonyl (C=O) groups is 1. The minimum atomic E-state index is -0.663. The summed E-state index contributed by atoms with van der Waals surface area (Å²) in [6.45, 7) is 3.96. The summed E-state index contributed by atoms with van der Waals surface area (Å²) in [5.74, 6) is -0.339. The molecule has 1 aliphatic heterocycles. The monoisotopic (exact) mass is 318 g/mol. The average Bonchev–Trinajstić information content (AvgIpc) is 2.92. The van der Waals surface area contributed by atoms with Crippen molar-refractivity contribution in [1.82, 2.24) is 0 Å². The molecule has 0 aliphatic carbocycles. The van der Waals surface area contributed by atoms with Crippen LogP contribution >= 0.6 is 27.5 Å². The molecule has 1 heterocycles. The van der Waals surface area contributed by atoms with Gasteiger partial charge >= 0.3 is 5.97 Å². The number of rotatable bonds is 3. The zero-order valence-corrected chi connectivity index (χ0v) is 11.8. The molecule has 1 aliphatic rings. The maximum Gasteiger partial charge on any atom is 0.338 e. The highest BCUT2D eigenvalue weighted by Gasteiger charge is 2.60. The summed E-state index contributed by atoms with van der Waals surface area (Å²) in [4.78, 5) is 11.6. The lowest BCUT2D eigenvalue weighted by Gasteiger charge is -2.09. The molecule has 2 unspecified atom stereocenters. The van der Waals surface area contributed by atoms with E-state index in [1.807, 2.05) is 19.1 Å². The van der Waals surface area contributed by atoms with E-state index in [-0.39, 0.29) is 5.97 Å². The topological polar surface area (TPSA) is 38.8 Å². The molecular weight excluding hydrogens is 307 g/mol. The van der Waals surface area contributed by atoms with Crippen LogP contribution in [0.25, 0.3) is 0 Å². The Morgan fingerprint density at radius 3 is 2.94 bits per heavy atom. The van der Waals surface area contributed by atoms with E-state index in [0.29, 0.717) is 11.6 Å². The molecule has 2 atom stereocenters. The molecule has 2 rings (SSSR count). The van der Waals surface area contributed by atoms with Gasteiger partial charge in [-0.3, -0.25) is 0 Å². The van der Waals surface area contributed by atoms with Crippen molar-refractivity contribution in [3.63, 3.8) is 0 Å². The van der Waals surface area contributed by atoms with Crippen LogP contribution in [0.5, 0.6) is 0 Å². The largest absolute Gasteiger partial charge is 0.464 e. The molecule has 1 aromatic carbocycles. The van der Waals surface area contributed by atoms with E-state index in [9.17, 15) is 4.79 Å². The Bertz CT molecular complexity index is 463. The fourth-order valence-electron chi connectivity index (χ4n) is 1.80. The van der Waals surface area contributed by atoms with Gasteiger partial charge in [-0.1, -0.05) is 33.6 Å². The van der Waals surface area contributed by atoms with Crippen molar-refractivity contribution in [2.24, 2.45) is 0 Å². The van der Waals surface area contributed by atoms with Gasteiger partial charge in [0.25, 0.3) is 0 Å². The molecule has 92 valence electrons. The van der Waals surface area contributed by atoms with Crippen LogP contribution in [0.2, 0.25) is 5.02 Å². The maximum atomic E-state index is 11.6. The fourth-order valence-corrected chi connectivity index (χ4v) is 2.66. The summed E-state index contributed by atoms with van der Waals surface area (Å²) in [5, 5.41) is 0.577. The van der Waals surface area contributed by atoms with Gasteiger partial charge in [0.1, 0.15) is 5.60 Å². The Balaban J connectivity index is 2.22. The highest BCUT2D eigenvalue weighted by atomic mass is 79.9. The zero-order valence-electron chi connectivity index (χ0n) is 9.50. The lowest BCUT2D eigenvalue weighted by Crippen LogP contribution is -2.19. The van der Waals surface area contributed by atoms with Crippen molar-refractivity contribution >= 4 is 33.5 Å². The van der Waals surface area contributed by atoms with Gasteiger partial charge < -0.3 is 9.47 Å². The summed E-state index contributed by atoms with van der Waals surface area (Å²) in [5.41, 5.74) is 0.143.